The molecule has 1 aliphatic rings. The SMILES string of the molecule is CN(C)/C=C\N(C=O)c1ccc(-c2cc(F)cc(-c3cc(N4CCC(C)(N)C4)c(=O)n(C)c3)c2O)cc1Cl. The Hall–Kier alpha value is -3.82. The van der Waals surface area contributed by atoms with Crippen LogP contribution in [0.25, 0.3) is 22.3 Å². The molecule has 0 radical (unpaired) electrons. The Morgan fingerprint density at radius 3 is 2.39 bits per heavy atom. The molecule has 3 aromatic rings. The highest BCUT2D eigenvalue weighted by Crippen LogP contribution is 2.41. The number of aromatic hydroxyl groups is 1. The monoisotopic (exact) mass is 539 g/mol. The van der Waals surface area contributed by atoms with Gasteiger partial charge in [-0.15, -0.1) is 0 Å². The van der Waals surface area contributed by atoms with Crippen molar-refractivity contribution < 1.29 is 14.3 Å². The molecule has 8 nitrogen and oxygen atoms in total. The smallest absolute Gasteiger partial charge is 0.273 e. The summed E-state index contributed by atoms with van der Waals surface area (Å²) < 4.78 is 16.3. The number of phenols is 1. The highest BCUT2D eigenvalue weighted by atomic mass is 35.5. The topological polar surface area (TPSA) is 95.0 Å². The number of hydrogen-bond acceptors (Lipinski definition) is 6. The number of amides is 1. The molecule has 2 heterocycles. The number of aryl methyl sites for hydroxylation is 1. The van der Waals surface area contributed by atoms with Crippen LogP contribution in [0.1, 0.15) is 13.3 Å². The van der Waals surface area contributed by atoms with Gasteiger partial charge in [0.1, 0.15) is 17.3 Å². The van der Waals surface area contributed by atoms with Crippen molar-refractivity contribution >= 4 is 29.4 Å². The van der Waals surface area contributed by atoms with E-state index in [9.17, 15) is 19.1 Å². The summed E-state index contributed by atoms with van der Waals surface area (Å²) in [6.45, 7) is 3.08. The first-order chi connectivity index (χ1) is 17.9. The van der Waals surface area contributed by atoms with Crippen LogP contribution < -0.4 is 21.1 Å². The summed E-state index contributed by atoms with van der Waals surface area (Å²) in [6, 6.07) is 8.95. The molecule has 2 aromatic carbocycles. The lowest BCUT2D eigenvalue weighted by molar-refractivity contribution is -0.106. The molecule has 3 N–H and O–H groups in total. The molecule has 4 rings (SSSR count). The molecule has 0 saturated carbocycles. The van der Waals surface area contributed by atoms with Crippen molar-refractivity contribution in [1.82, 2.24) is 9.47 Å². The fourth-order valence-corrected chi connectivity index (χ4v) is 4.84. The summed E-state index contributed by atoms with van der Waals surface area (Å²) in [5.41, 5.74) is 7.93. The number of carbonyl (C=O) groups is 1. The molecule has 10 heteroatoms. The van der Waals surface area contributed by atoms with Crippen LogP contribution in [0.4, 0.5) is 15.8 Å². The third-order valence-electron chi connectivity index (χ3n) is 6.57. The molecule has 1 atom stereocenters. The number of pyridine rings is 1. The quantitative estimate of drug-likeness (QED) is 0.438. The third kappa shape index (κ3) is 5.54. The van der Waals surface area contributed by atoms with Crippen molar-refractivity contribution in [1.29, 1.82) is 0 Å². The molecule has 1 saturated heterocycles. The van der Waals surface area contributed by atoms with E-state index in [1.807, 2.05) is 25.9 Å². The molecular weight excluding hydrogens is 509 g/mol. The maximum Gasteiger partial charge on any atom is 0.273 e. The third-order valence-corrected chi connectivity index (χ3v) is 6.87. The van der Waals surface area contributed by atoms with Crippen molar-refractivity contribution in [3.63, 3.8) is 0 Å². The van der Waals surface area contributed by atoms with E-state index in [-0.39, 0.29) is 27.5 Å². The average Bonchev–Trinajstić information content (AvgIpc) is 3.22. The zero-order chi connectivity index (χ0) is 27.8. The Bertz CT molecular complexity index is 1470. The van der Waals surface area contributed by atoms with Crippen molar-refractivity contribution in [3.8, 4) is 28.0 Å². The minimum Gasteiger partial charge on any atom is -0.507 e. The Morgan fingerprint density at radius 2 is 1.82 bits per heavy atom. The highest BCUT2D eigenvalue weighted by Gasteiger charge is 2.31. The largest absolute Gasteiger partial charge is 0.507 e. The summed E-state index contributed by atoms with van der Waals surface area (Å²) in [5.74, 6) is -0.729. The minimum absolute atomic E-state index is 0.162. The van der Waals surface area contributed by atoms with E-state index in [1.165, 1.54) is 21.6 Å². The molecule has 1 amide bonds. The van der Waals surface area contributed by atoms with Crippen molar-refractivity contribution in [2.45, 2.75) is 18.9 Å². The normalized spacial score (nSPS) is 17.3. The van der Waals surface area contributed by atoms with Gasteiger partial charge >= 0.3 is 0 Å². The molecule has 0 aliphatic carbocycles. The van der Waals surface area contributed by atoms with Crippen molar-refractivity contribution in [3.05, 3.63) is 76.2 Å². The van der Waals surface area contributed by atoms with Crippen molar-refractivity contribution in [2.24, 2.45) is 12.8 Å². The summed E-state index contributed by atoms with van der Waals surface area (Å²) >= 11 is 6.49. The molecule has 1 fully saturated rings. The summed E-state index contributed by atoms with van der Waals surface area (Å²) in [6.07, 6.45) is 6.19. The van der Waals surface area contributed by atoms with E-state index < -0.39 is 11.4 Å². The fourth-order valence-electron chi connectivity index (χ4n) is 4.56. The van der Waals surface area contributed by atoms with Gasteiger partial charge in [0, 0.05) is 75.1 Å². The molecule has 38 heavy (non-hydrogen) atoms. The van der Waals surface area contributed by atoms with Crippen LogP contribution in [-0.2, 0) is 11.8 Å². The van der Waals surface area contributed by atoms with Crippen LogP contribution in [0.15, 0.2) is 59.8 Å². The summed E-state index contributed by atoms with van der Waals surface area (Å²) in [7, 11) is 5.26. The standard InChI is InChI=1S/C28H31ClFN5O3/c1-28(31)7-8-34(16-28)25-12-19(15-33(4)27(25)38)22-14-20(30)13-21(26(22)37)18-5-6-24(23(29)11-18)35(17-36)10-9-32(2)3/h5-6,9-15,17,37H,7-8,16,31H2,1-4H3/b10-9-. The Morgan fingerprint density at radius 1 is 1.13 bits per heavy atom. The summed E-state index contributed by atoms with van der Waals surface area (Å²) in [4.78, 5) is 29.5. The van der Waals surface area contributed by atoms with Gasteiger partial charge in [0.15, 0.2) is 0 Å². The second kappa shape index (κ2) is 10.5. The lowest BCUT2D eigenvalue weighted by Crippen LogP contribution is -2.40. The van der Waals surface area contributed by atoms with Gasteiger partial charge in [-0.05, 0) is 49.2 Å². The number of nitrogens with two attached hydrogens (primary N) is 1. The van der Waals surface area contributed by atoms with Crippen LogP contribution in [0.2, 0.25) is 5.02 Å². The molecule has 0 spiro atoms. The van der Waals surface area contributed by atoms with Gasteiger partial charge in [-0.3, -0.25) is 14.5 Å². The minimum atomic E-state index is -0.567. The van der Waals surface area contributed by atoms with Crippen LogP contribution in [0.3, 0.4) is 0 Å². The highest BCUT2D eigenvalue weighted by molar-refractivity contribution is 6.34. The number of rotatable bonds is 7. The van der Waals surface area contributed by atoms with E-state index >= 15 is 0 Å². The van der Waals surface area contributed by atoms with E-state index in [0.717, 1.165) is 6.42 Å². The van der Waals surface area contributed by atoms with Gasteiger partial charge < -0.3 is 25.2 Å². The predicted molar refractivity (Wildman–Crippen MR) is 150 cm³/mol. The van der Waals surface area contributed by atoms with Crippen LogP contribution in [-0.4, -0.2) is 53.7 Å². The first-order valence-electron chi connectivity index (χ1n) is 12.1. The predicted octanol–water partition coefficient (Wildman–Crippen LogP) is 4.14. The van der Waals surface area contributed by atoms with Crippen LogP contribution in [0.5, 0.6) is 5.75 Å². The van der Waals surface area contributed by atoms with E-state index in [0.29, 0.717) is 42.0 Å². The molecule has 200 valence electrons. The first kappa shape index (κ1) is 27.2. The lowest BCUT2D eigenvalue weighted by atomic mass is 9.97. The first-order valence-corrected chi connectivity index (χ1v) is 12.4. The number of benzene rings is 2. The Labute approximate surface area is 225 Å². The zero-order valence-corrected chi connectivity index (χ0v) is 22.5. The molecule has 1 aliphatic heterocycles. The van der Waals surface area contributed by atoms with E-state index in [4.69, 9.17) is 17.3 Å². The molecule has 1 aromatic heterocycles. The number of aromatic nitrogens is 1. The van der Waals surface area contributed by atoms with Crippen molar-refractivity contribution in [2.75, 3.05) is 37.0 Å². The number of halogens is 2. The van der Waals surface area contributed by atoms with E-state index in [2.05, 4.69) is 0 Å². The van der Waals surface area contributed by atoms with Gasteiger partial charge in [-0.2, -0.15) is 0 Å². The second-order valence-electron chi connectivity index (χ2n) is 10.1. The zero-order valence-electron chi connectivity index (χ0n) is 21.8. The number of nitrogens with zero attached hydrogens (tertiary/aromatic N) is 4. The number of phenolic OH excluding ortho intramolecular Hbond substituents is 1. The van der Waals surface area contributed by atoms with Crippen LogP contribution in [0, 0.1) is 5.82 Å². The van der Waals surface area contributed by atoms with Gasteiger partial charge in [0.25, 0.3) is 5.56 Å². The fraction of sp³-hybridized carbons (Fsp3) is 0.286. The van der Waals surface area contributed by atoms with Gasteiger partial charge in [0.05, 0.1) is 10.7 Å². The van der Waals surface area contributed by atoms with Gasteiger partial charge in [-0.25, -0.2) is 4.39 Å². The number of hydrogen-bond donors (Lipinski definition) is 2. The number of carbonyl (C=O) groups excluding carboxylic acids is 1. The van der Waals surface area contributed by atoms with Gasteiger partial charge in [0.2, 0.25) is 6.41 Å². The van der Waals surface area contributed by atoms with Crippen LogP contribution >= 0.6 is 11.6 Å². The van der Waals surface area contributed by atoms with E-state index in [1.54, 1.807) is 54.8 Å². The second-order valence-corrected chi connectivity index (χ2v) is 10.6. The Balaban J connectivity index is 1.77. The molecule has 1 unspecified atom stereocenters. The van der Waals surface area contributed by atoms with Gasteiger partial charge in [-0.1, -0.05) is 17.7 Å². The molecule has 0 bridgehead atoms. The molecular formula is C28H31ClFN5O3. The Kier molecular flexibility index (Phi) is 7.53. The lowest BCUT2D eigenvalue weighted by Gasteiger charge is -2.22. The maximum absolute atomic E-state index is 14.9. The number of anilines is 2. The average molecular weight is 540 g/mol. The maximum atomic E-state index is 14.9. The summed E-state index contributed by atoms with van der Waals surface area (Å²) in [5, 5.41) is 11.5.